The standard InChI is InChI=1S/C29H29NO6/c1-29(2,19-10-4-3-5-11-19)36-26(31)17-16-25(27(32)33)30-28(34)35-18-24-22-14-8-6-12-20(22)21-13-7-9-15-23(21)24/h3-15,24-25H,16-18H2,1-2H3,(H,30,34)(H,32,33)/t25-/m1/s1. The highest BCUT2D eigenvalue weighted by atomic mass is 16.6. The molecule has 2 N–H and O–H groups in total. The summed E-state index contributed by atoms with van der Waals surface area (Å²) in [6, 6.07) is 23.9. The maximum absolute atomic E-state index is 12.5. The van der Waals surface area contributed by atoms with Crippen LogP contribution in [0.1, 0.15) is 49.3 Å². The average Bonchev–Trinajstić information content (AvgIpc) is 3.19. The van der Waals surface area contributed by atoms with Gasteiger partial charge in [0.2, 0.25) is 0 Å². The maximum atomic E-state index is 12.5. The van der Waals surface area contributed by atoms with Crippen molar-refractivity contribution in [2.75, 3.05) is 6.61 Å². The first kappa shape index (κ1) is 25.0. The van der Waals surface area contributed by atoms with Crippen molar-refractivity contribution in [3.63, 3.8) is 0 Å². The summed E-state index contributed by atoms with van der Waals surface area (Å²) in [5, 5.41) is 11.9. The second-order valence-corrected chi connectivity index (χ2v) is 9.25. The third-order valence-electron chi connectivity index (χ3n) is 6.41. The SMILES string of the molecule is CC(C)(OC(=O)CC[C@@H](NC(=O)OCC1c2ccccc2-c2ccccc21)C(=O)O)c1ccccc1. The molecule has 7 nitrogen and oxygen atoms in total. The van der Waals surface area contributed by atoms with E-state index in [1.54, 1.807) is 13.8 Å². The molecule has 0 heterocycles. The molecule has 36 heavy (non-hydrogen) atoms. The van der Waals surface area contributed by atoms with E-state index in [0.29, 0.717) is 0 Å². The number of carboxylic acids is 1. The van der Waals surface area contributed by atoms with E-state index in [-0.39, 0.29) is 25.4 Å². The van der Waals surface area contributed by atoms with E-state index in [2.05, 4.69) is 5.32 Å². The van der Waals surface area contributed by atoms with Gasteiger partial charge in [-0.1, -0.05) is 78.9 Å². The van der Waals surface area contributed by atoms with Gasteiger partial charge in [-0.25, -0.2) is 9.59 Å². The van der Waals surface area contributed by atoms with Gasteiger partial charge in [0, 0.05) is 12.3 Å². The Hall–Kier alpha value is -4.13. The summed E-state index contributed by atoms with van der Waals surface area (Å²) in [6.07, 6.45) is -1.14. The summed E-state index contributed by atoms with van der Waals surface area (Å²) in [4.78, 5) is 36.6. The molecule has 1 aliphatic rings. The van der Waals surface area contributed by atoms with Crippen LogP contribution < -0.4 is 5.32 Å². The molecule has 1 amide bonds. The first-order valence-corrected chi connectivity index (χ1v) is 11.9. The molecule has 3 aromatic rings. The second kappa shape index (κ2) is 10.6. The number of carboxylic acid groups (broad SMARTS) is 1. The molecule has 0 aliphatic heterocycles. The minimum atomic E-state index is -1.28. The predicted octanol–water partition coefficient (Wildman–Crippen LogP) is 5.24. The van der Waals surface area contributed by atoms with E-state index in [9.17, 15) is 19.5 Å². The molecule has 0 radical (unpaired) electrons. The highest BCUT2D eigenvalue weighted by Gasteiger charge is 2.30. The summed E-state index contributed by atoms with van der Waals surface area (Å²) in [5.74, 6) is -1.94. The fourth-order valence-corrected chi connectivity index (χ4v) is 4.54. The van der Waals surface area contributed by atoms with Gasteiger partial charge in [0.15, 0.2) is 0 Å². The Labute approximate surface area is 210 Å². The molecule has 186 valence electrons. The molecule has 7 heteroatoms. The minimum absolute atomic E-state index is 0.0690. The fourth-order valence-electron chi connectivity index (χ4n) is 4.54. The van der Waals surface area contributed by atoms with Crippen LogP contribution in [0.4, 0.5) is 4.79 Å². The van der Waals surface area contributed by atoms with E-state index in [1.807, 2.05) is 78.9 Å². The quantitative estimate of drug-likeness (QED) is 0.401. The molecule has 0 unspecified atom stereocenters. The van der Waals surface area contributed by atoms with Crippen LogP contribution in [0.5, 0.6) is 0 Å². The highest BCUT2D eigenvalue weighted by Crippen LogP contribution is 2.44. The van der Waals surface area contributed by atoms with E-state index in [0.717, 1.165) is 27.8 Å². The topological polar surface area (TPSA) is 102 Å². The Kier molecular flexibility index (Phi) is 7.38. The largest absolute Gasteiger partial charge is 0.480 e. The molecule has 0 saturated carbocycles. The Morgan fingerprint density at radius 3 is 2.03 bits per heavy atom. The van der Waals surface area contributed by atoms with E-state index >= 15 is 0 Å². The molecule has 0 saturated heterocycles. The van der Waals surface area contributed by atoms with Gasteiger partial charge >= 0.3 is 18.0 Å². The molecule has 1 atom stereocenters. The van der Waals surface area contributed by atoms with Crippen LogP contribution in [0, 0.1) is 0 Å². The van der Waals surface area contributed by atoms with Crippen LogP contribution in [0.3, 0.4) is 0 Å². The number of aliphatic carboxylic acids is 1. The van der Waals surface area contributed by atoms with Gasteiger partial charge in [-0.2, -0.15) is 0 Å². The molecule has 0 bridgehead atoms. The van der Waals surface area contributed by atoms with Gasteiger partial charge in [-0.3, -0.25) is 4.79 Å². The van der Waals surface area contributed by atoms with E-state index in [4.69, 9.17) is 9.47 Å². The maximum Gasteiger partial charge on any atom is 0.407 e. The molecular formula is C29H29NO6. The summed E-state index contributed by atoms with van der Waals surface area (Å²) >= 11 is 0. The number of rotatable bonds is 9. The second-order valence-electron chi connectivity index (χ2n) is 9.25. The summed E-state index contributed by atoms with van der Waals surface area (Å²) in [5.41, 5.74) is 4.28. The van der Waals surface area contributed by atoms with Crippen molar-refractivity contribution in [2.45, 2.75) is 44.2 Å². The van der Waals surface area contributed by atoms with Gasteiger partial charge in [0.05, 0.1) is 0 Å². The lowest BCUT2D eigenvalue weighted by Gasteiger charge is -2.26. The van der Waals surface area contributed by atoms with Crippen LogP contribution in [-0.4, -0.2) is 35.8 Å². The van der Waals surface area contributed by atoms with Crippen LogP contribution >= 0.6 is 0 Å². The van der Waals surface area contributed by atoms with Crippen molar-refractivity contribution in [2.24, 2.45) is 0 Å². The zero-order chi connectivity index (χ0) is 25.7. The Morgan fingerprint density at radius 1 is 0.889 bits per heavy atom. The molecule has 0 fully saturated rings. The number of alkyl carbamates (subject to hydrolysis) is 1. The third-order valence-corrected chi connectivity index (χ3v) is 6.41. The number of hydrogen-bond donors (Lipinski definition) is 2. The normalized spacial score (nSPS) is 13.3. The van der Waals surface area contributed by atoms with Crippen molar-refractivity contribution in [1.29, 1.82) is 0 Å². The molecular weight excluding hydrogens is 458 g/mol. The van der Waals surface area contributed by atoms with Crippen molar-refractivity contribution in [3.8, 4) is 11.1 Å². The van der Waals surface area contributed by atoms with Gasteiger partial charge in [-0.15, -0.1) is 0 Å². The molecule has 3 aromatic carbocycles. The number of ether oxygens (including phenoxy) is 2. The first-order chi connectivity index (χ1) is 17.3. The van der Waals surface area contributed by atoms with E-state index in [1.165, 1.54) is 0 Å². The van der Waals surface area contributed by atoms with Gasteiger partial charge in [0.1, 0.15) is 18.2 Å². The van der Waals surface area contributed by atoms with E-state index < -0.39 is 29.7 Å². The number of esters is 1. The van der Waals surface area contributed by atoms with Crippen molar-refractivity contribution < 1.29 is 29.0 Å². The predicted molar refractivity (Wildman–Crippen MR) is 134 cm³/mol. The van der Waals surface area contributed by atoms with Crippen LogP contribution in [0.25, 0.3) is 11.1 Å². The Balaban J connectivity index is 1.32. The monoisotopic (exact) mass is 487 g/mol. The van der Waals surface area contributed by atoms with Crippen molar-refractivity contribution >= 4 is 18.0 Å². The van der Waals surface area contributed by atoms with Gasteiger partial charge in [0.25, 0.3) is 0 Å². The lowest BCUT2D eigenvalue weighted by molar-refractivity contribution is -0.157. The van der Waals surface area contributed by atoms with Crippen LogP contribution in [0.15, 0.2) is 78.9 Å². The van der Waals surface area contributed by atoms with Crippen molar-refractivity contribution in [1.82, 2.24) is 5.32 Å². The van der Waals surface area contributed by atoms with Gasteiger partial charge in [-0.05, 0) is 48.1 Å². The van der Waals surface area contributed by atoms with Crippen LogP contribution in [0.2, 0.25) is 0 Å². The molecule has 1 aliphatic carbocycles. The van der Waals surface area contributed by atoms with Gasteiger partial charge < -0.3 is 19.9 Å². The average molecular weight is 488 g/mol. The first-order valence-electron chi connectivity index (χ1n) is 11.9. The van der Waals surface area contributed by atoms with Crippen LogP contribution in [-0.2, 0) is 24.7 Å². The number of hydrogen-bond acceptors (Lipinski definition) is 5. The lowest BCUT2D eigenvalue weighted by atomic mass is 9.98. The summed E-state index contributed by atoms with van der Waals surface area (Å²) < 4.78 is 11.0. The number of carbonyl (C=O) groups is 3. The smallest absolute Gasteiger partial charge is 0.407 e. The number of benzene rings is 3. The summed E-state index contributed by atoms with van der Waals surface area (Å²) in [7, 11) is 0. The highest BCUT2D eigenvalue weighted by molar-refractivity contribution is 5.81. The number of carbonyl (C=O) groups excluding carboxylic acids is 2. The zero-order valence-corrected chi connectivity index (χ0v) is 20.3. The number of amides is 1. The van der Waals surface area contributed by atoms with Crippen molar-refractivity contribution in [3.05, 3.63) is 95.6 Å². The minimum Gasteiger partial charge on any atom is -0.480 e. The zero-order valence-electron chi connectivity index (χ0n) is 20.3. The Morgan fingerprint density at radius 2 is 1.44 bits per heavy atom. The molecule has 0 aromatic heterocycles. The summed E-state index contributed by atoms with van der Waals surface area (Å²) in [6.45, 7) is 3.60. The number of nitrogens with one attached hydrogen (secondary N) is 1. The fraction of sp³-hybridized carbons (Fsp3) is 0.276. The number of fused-ring (bicyclic) bond motifs is 3. The lowest BCUT2D eigenvalue weighted by Crippen LogP contribution is -2.42. The Bertz CT molecular complexity index is 1210. The third kappa shape index (κ3) is 5.57. The molecule has 0 spiro atoms. The molecule has 4 rings (SSSR count).